The van der Waals surface area contributed by atoms with Gasteiger partial charge in [0, 0.05) is 0 Å². The van der Waals surface area contributed by atoms with Crippen LogP contribution in [0.15, 0.2) is 54.6 Å². The van der Waals surface area contributed by atoms with Crippen LogP contribution in [0, 0.1) is 5.92 Å². The Labute approximate surface area is 148 Å². The smallest absolute Gasteiger partial charge is 0.308 e. The molecule has 0 saturated carbocycles. The van der Waals surface area contributed by atoms with Gasteiger partial charge >= 0.3 is 5.97 Å². The Hall–Kier alpha value is -2.82. The van der Waals surface area contributed by atoms with Crippen LogP contribution in [0.2, 0.25) is 0 Å². The van der Waals surface area contributed by atoms with Crippen molar-refractivity contribution in [2.75, 3.05) is 13.7 Å². The standard InChI is InChI=1S/C20H23NO4/c1-14(2)20(23)25-13-18(22)21-19(15-7-5-4-6-8-15)16-9-11-17(24-3)12-10-16/h4-12,14,19H,13H2,1-3H3,(H,21,22)/t19-/m1/s1. The summed E-state index contributed by atoms with van der Waals surface area (Å²) in [6.07, 6.45) is 0. The van der Waals surface area contributed by atoms with Crippen LogP contribution in [0.4, 0.5) is 0 Å². The molecule has 2 aromatic carbocycles. The van der Waals surface area contributed by atoms with Crippen molar-refractivity contribution < 1.29 is 19.1 Å². The van der Waals surface area contributed by atoms with E-state index in [0.29, 0.717) is 0 Å². The molecule has 1 N–H and O–H groups in total. The zero-order chi connectivity index (χ0) is 18.2. The molecule has 0 bridgehead atoms. The van der Waals surface area contributed by atoms with Crippen LogP contribution in [0.3, 0.4) is 0 Å². The Bertz CT molecular complexity index is 695. The highest BCUT2D eigenvalue weighted by Gasteiger charge is 2.18. The fourth-order valence-corrected chi connectivity index (χ4v) is 2.31. The van der Waals surface area contributed by atoms with Gasteiger partial charge < -0.3 is 14.8 Å². The van der Waals surface area contributed by atoms with Gasteiger partial charge in [-0.05, 0) is 23.3 Å². The molecule has 0 aliphatic carbocycles. The molecule has 0 heterocycles. The predicted molar refractivity (Wildman–Crippen MR) is 95.2 cm³/mol. The molecule has 132 valence electrons. The molecule has 25 heavy (non-hydrogen) atoms. The molecule has 5 heteroatoms. The van der Waals surface area contributed by atoms with E-state index in [-0.39, 0.29) is 24.5 Å². The zero-order valence-electron chi connectivity index (χ0n) is 14.7. The minimum atomic E-state index is -0.393. The van der Waals surface area contributed by atoms with Gasteiger partial charge in [0.15, 0.2) is 6.61 Å². The summed E-state index contributed by atoms with van der Waals surface area (Å²) in [6, 6.07) is 16.8. The topological polar surface area (TPSA) is 64.6 Å². The number of hydrogen-bond donors (Lipinski definition) is 1. The van der Waals surface area contributed by atoms with E-state index in [4.69, 9.17) is 9.47 Å². The van der Waals surface area contributed by atoms with Crippen molar-refractivity contribution in [3.8, 4) is 5.75 Å². The number of esters is 1. The van der Waals surface area contributed by atoms with Gasteiger partial charge in [0.05, 0.1) is 19.1 Å². The first-order valence-corrected chi connectivity index (χ1v) is 8.16. The van der Waals surface area contributed by atoms with E-state index < -0.39 is 5.97 Å². The Morgan fingerprint density at radius 3 is 2.12 bits per heavy atom. The molecule has 5 nitrogen and oxygen atoms in total. The number of ether oxygens (including phenoxy) is 2. The number of benzene rings is 2. The third-order valence-corrected chi connectivity index (χ3v) is 3.70. The molecule has 1 atom stereocenters. The second-order valence-electron chi connectivity index (χ2n) is 5.95. The van der Waals surface area contributed by atoms with E-state index >= 15 is 0 Å². The van der Waals surface area contributed by atoms with E-state index in [1.54, 1.807) is 21.0 Å². The van der Waals surface area contributed by atoms with Crippen LogP contribution < -0.4 is 10.1 Å². The quantitative estimate of drug-likeness (QED) is 0.786. The van der Waals surface area contributed by atoms with Gasteiger partial charge in [0.2, 0.25) is 0 Å². The maximum atomic E-state index is 12.2. The van der Waals surface area contributed by atoms with Crippen LogP contribution in [0.1, 0.15) is 31.0 Å². The van der Waals surface area contributed by atoms with E-state index in [9.17, 15) is 9.59 Å². The van der Waals surface area contributed by atoms with Crippen molar-refractivity contribution in [3.63, 3.8) is 0 Å². The number of methoxy groups -OCH3 is 1. The Morgan fingerprint density at radius 1 is 0.960 bits per heavy atom. The largest absolute Gasteiger partial charge is 0.497 e. The van der Waals surface area contributed by atoms with Crippen molar-refractivity contribution in [2.45, 2.75) is 19.9 Å². The van der Waals surface area contributed by atoms with Gasteiger partial charge in [-0.3, -0.25) is 9.59 Å². The third kappa shape index (κ3) is 5.35. The van der Waals surface area contributed by atoms with Gasteiger partial charge in [0.1, 0.15) is 5.75 Å². The first-order chi connectivity index (χ1) is 12.0. The predicted octanol–water partition coefficient (Wildman–Crippen LogP) is 3.10. The molecular formula is C20H23NO4. The third-order valence-electron chi connectivity index (χ3n) is 3.70. The van der Waals surface area contributed by atoms with Gasteiger partial charge in [-0.2, -0.15) is 0 Å². The molecule has 0 saturated heterocycles. The second-order valence-corrected chi connectivity index (χ2v) is 5.95. The normalized spacial score (nSPS) is 11.7. The molecule has 0 aliphatic heterocycles. The lowest BCUT2D eigenvalue weighted by Gasteiger charge is -2.20. The van der Waals surface area contributed by atoms with Crippen molar-refractivity contribution in [2.24, 2.45) is 5.92 Å². The van der Waals surface area contributed by atoms with Crippen molar-refractivity contribution in [1.82, 2.24) is 5.32 Å². The van der Waals surface area contributed by atoms with Crippen LogP contribution in [0.5, 0.6) is 5.75 Å². The molecule has 0 radical (unpaired) electrons. The maximum absolute atomic E-state index is 12.2. The van der Waals surface area contributed by atoms with Gasteiger partial charge in [-0.1, -0.05) is 56.3 Å². The number of nitrogens with one attached hydrogen (secondary N) is 1. The first-order valence-electron chi connectivity index (χ1n) is 8.16. The Kier molecular flexibility index (Phi) is 6.57. The summed E-state index contributed by atoms with van der Waals surface area (Å²) < 4.78 is 10.2. The van der Waals surface area contributed by atoms with Crippen LogP contribution in [-0.4, -0.2) is 25.6 Å². The molecule has 0 unspecified atom stereocenters. The molecule has 0 spiro atoms. The van der Waals surface area contributed by atoms with Crippen molar-refractivity contribution in [3.05, 3.63) is 65.7 Å². The summed E-state index contributed by atoms with van der Waals surface area (Å²) >= 11 is 0. The fraction of sp³-hybridized carbons (Fsp3) is 0.300. The molecular weight excluding hydrogens is 318 g/mol. The minimum absolute atomic E-state index is 0.265. The number of hydrogen-bond acceptors (Lipinski definition) is 4. The average Bonchev–Trinajstić information content (AvgIpc) is 2.65. The van der Waals surface area contributed by atoms with Gasteiger partial charge in [-0.25, -0.2) is 0 Å². The van der Waals surface area contributed by atoms with E-state index in [1.165, 1.54) is 0 Å². The molecule has 0 fully saturated rings. The average molecular weight is 341 g/mol. The molecule has 2 aromatic rings. The summed E-state index contributed by atoms with van der Waals surface area (Å²) in [5.41, 5.74) is 1.85. The summed E-state index contributed by atoms with van der Waals surface area (Å²) in [5, 5.41) is 2.92. The highest BCUT2D eigenvalue weighted by atomic mass is 16.5. The van der Waals surface area contributed by atoms with Gasteiger partial charge in [0.25, 0.3) is 5.91 Å². The van der Waals surface area contributed by atoms with Crippen molar-refractivity contribution in [1.29, 1.82) is 0 Å². The van der Waals surface area contributed by atoms with Crippen LogP contribution >= 0.6 is 0 Å². The summed E-state index contributed by atoms with van der Waals surface area (Å²) in [5.74, 6) is -0.262. The highest BCUT2D eigenvalue weighted by Crippen LogP contribution is 2.24. The van der Waals surface area contributed by atoms with Crippen LogP contribution in [0.25, 0.3) is 0 Å². The monoisotopic (exact) mass is 341 g/mol. The number of carbonyl (C=O) groups is 2. The molecule has 0 aromatic heterocycles. The van der Waals surface area contributed by atoms with Crippen LogP contribution in [-0.2, 0) is 14.3 Å². The van der Waals surface area contributed by atoms with E-state index in [0.717, 1.165) is 16.9 Å². The fourth-order valence-electron chi connectivity index (χ4n) is 2.31. The lowest BCUT2D eigenvalue weighted by Crippen LogP contribution is -2.33. The Morgan fingerprint density at radius 2 is 1.56 bits per heavy atom. The van der Waals surface area contributed by atoms with Gasteiger partial charge in [-0.15, -0.1) is 0 Å². The second kappa shape index (κ2) is 8.87. The lowest BCUT2D eigenvalue weighted by atomic mass is 9.98. The summed E-state index contributed by atoms with van der Waals surface area (Å²) in [4.78, 5) is 23.8. The summed E-state index contributed by atoms with van der Waals surface area (Å²) in [7, 11) is 1.61. The first kappa shape index (κ1) is 18.5. The number of amides is 1. The highest BCUT2D eigenvalue weighted by molar-refractivity contribution is 5.81. The molecule has 1 amide bonds. The molecule has 2 rings (SSSR count). The Balaban J connectivity index is 2.15. The van der Waals surface area contributed by atoms with Crippen molar-refractivity contribution >= 4 is 11.9 Å². The number of rotatable bonds is 7. The SMILES string of the molecule is COc1ccc([C@H](NC(=O)COC(=O)C(C)C)c2ccccc2)cc1. The minimum Gasteiger partial charge on any atom is -0.497 e. The lowest BCUT2D eigenvalue weighted by molar-refractivity contribution is -0.151. The summed E-state index contributed by atoms with van der Waals surface area (Å²) in [6.45, 7) is 3.16. The molecule has 0 aliphatic rings. The zero-order valence-corrected chi connectivity index (χ0v) is 14.7. The maximum Gasteiger partial charge on any atom is 0.308 e. The van der Waals surface area contributed by atoms with E-state index in [1.807, 2.05) is 54.6 Å². The van der Waals surface area contributed by atoms with E-state index in [2.05, 4.69) is 5.32 Å². The number of carbonyl (C=O) groups excluding carboxylic acids is 2.